The minimum Gasteiger partial charge on any atom is -0.476 e. The molecular formula is C24H30F2O3. The summed E-state index contributed by atoms with van der Waals surface area (Å²) in [7, 11) is 0. The van der Waals surface area contributed by atoms with Crippen LogP contribution < -0.4 is 4.74 Å². The van der Waals surface area contributed by atoms with E-state index >= 15 is 0 Å². The van der Waals surface area contributed by atoms with Crippen molar-refractivity contribution in [2.45, 2.75) is 59.5 Å². The molecule has 0 amide bonds. The molecule has 29 heavy (non-hydrogen) atoms. The van der Waals surface area contributed by atoms with Gasteiger partial charge in [-0.2, -0.15) is 0 Å². The lowest BCUT2D eigenvalue weighted by Crippen LogP contribution is -2.40. The summed E-state index contributed by atoms with van der Waals surface area (Å²) in [6.07, 6.45) is 2.96. The van der Waals surface area contributed by atoms with Crippen LogP contribution in [0.1, 0.15) is 53.9 Å². The van der Waals surface area contributed by atoms with Gasteiger partial charge in [0.2, 0.25) is 0 Å². The molecule has 2 aromatic carbocycles. The highest BCUT2D eigenvalue weighted by Crippen LogP contribution is 2.28. The van der Waals surface area contributed by atoms with Crippen molar-refractivity contribution in [1.82, 2.24) is 0 Å². The quantitative estimate of drug-likeness (QED) is 0.445. The minimum atomic E-state index is -1.16. The van der Waals surface area contributed by atoms with Crippen LogP contribution in [0.4, 0.5) is 8.78 Å². The van der Waals surface area contributed by atoms with Crippen molar-refractivity contribution in [3.63, 3.8) is 0 Å². The molecule has 0 aliphatic carbocycles. The number of carbonyl (C=O) groups excluding carboxylic acids is 1. The van der Waals surface area contributed by atoms with Gasteiger partial charge in [0, 0.05) is 11.6 Å². The topological polar surface area (TPSA) is 35.5 Å². The van der Waals surface area contributed by atoms with E-state index in [-0.39, 0.29) is 5.41 Å². The first-order chi connectivity index (χ1) is 13.5. The molecule has 0 unspecified atom stereocenters. The van der Waals surface area contributed by atoms with Crippen molar-refractivity contribution in [3.8, 4) is 16.9 Å². The molecule has 5 heteroatoms. The normalized spacial score (nSPS) is 12.0. The van der Waals surface area contributed by atoms with Gasteiger partial charge in [0.1, 0.15) is 17.4 Å². The standard InChI is InChI=1S/C24H30F2O3/c1-6-13-23(2,3)14-15-28-22(27)24(4,5)29-19-10-7-17(8-11-19)20-12-9-18(25)16-21(20)26/h7-12,16H,6,13-15H2,1-5H3. The maximum absolute atomic E-state index is 13.9. The highest BCUT2D eigenvalue weighted by atomic mass is 19.1. The van der Waals surface area contributed by atoms with Crippen molar-refractivity contribution in [2.75, 3.05) is 6.61 Å². The summed E-state index contributed by atoms with van der Waals surface area (Å²) in [6, 6.07) is 10.1. The van der Waals surface area contributed by atoms with Crippen LogP contribution in [0, 0.1) is 17.0 Å². The van der Waals surface area contributed by atoms with Gasteiger partial charge in [-0.1, -0.05) is 39.3 Å². The Balaban J connectivity index is 1.98. The number of rotatable bonds is 9. The molecule has 2 rings (SSSR count). The zero-order valence-electron chi connectivity index (χ0n) is 17.9. The predicted molar refractivity (Wildman–Crippen MR) is 111 cm³/mol. The first-order valence-electron chi connectivity index (χ1n) is 9.96. The smallest absolute Gasteiger partial charge is 0.349 e. The molecule has 0 atom stereocenters. The molecule has 0 aliphatic rings. The monoisotopic (exact) mass is 404 g/mol. The van der Waals surface area contributed by atoms with Gasteiger partial charge in [0.05, 0.1) is 6.61 Å². The number of hydrogen-bond acceptors (Lipinski definition) is 3. The summed E-state index contributed by atoms with van der Waals surface area (Å²) in [5.74, 6) is -1.22. The largest absolute Gasteiger partial charge is 0.476 e. The van der Waals surface area contributed by atoms with Crippen LogP contribution in [0.15, 0.2) is 42.5 Å². The van der Waals surface area contributed by atoms with Gasteiger partial charge < -0.3 is 9.47 Å². The zero-order valence-corrected chi connectivity index (χ0v) is 17.9. The third-order valence-corrected chi connectivity index (χ3v) is 4.90. The van der Waals surface area contributed by atoms with E-state index in [1.165, 1.54) is 12.1 Å². The maximum atomic E-state index is 13.9. The van der Waals surface area contributed by atoms with Crippen molar-refractivity contribution >= 4 is 5.97 Å². The molecule has 158 valence electrons. The van der Waals surface area contributed by atoms with E-state index in [0.717, 1.165) is 25.3 Å². The van der Waals surface area contributed by atoms with E-state index in [4.69, 9.17) is 9.47 Å². The Morgan fingerprint density at radius 2 is 1.62 bits per heavy atom. The van der Waals surface area contributed by atoms with E-state index in [0.29, 0.717) is 23.5 Å². The molecule has 0 N–H and O–H groups in total. The number of esters is 1. The number of hydrogen-bond donors (Lipinski definition) is 0. The Morgan fingerprint density at radius 1 is 0.966 bits per heavy atom. The summed E-state index contributed by atoms with van der Waals surface area (Å²) < 4.78 is 38.2. The summed E-state index contributed by atoms with van der Waals surface area (Å²) in [4.78, 5) is 12.4. The number of benzene rings is 2. The van der Waals surface area contributed by atoms with Crippen LogP contribution >= 0.6 is 0 Å². The summed E-state index contributed by atoms with van der Waals surface area (Å²) in [6.45, 7) is 10.1. The van der Waals surface area contributed by atoms with Gasteiger partial charge in [-0.25, -0.2) is 13.6 Å². The van der Waals surface area contributed by atoms with Gasteiger partial charge in [0.25, 0.3) is 0 Å². The van der Waals surface area contributed by atoms with Crippen molar-refractivity contribution in [3.05, 3.63) is 54.1 Å². The fraction of sp³-hybridized carbons (Fsp3) is 0.458. The fourth-order valence-corrected chi connectivity index (χ4v) is 3.16. The summed E-state index contributed by atoms with van der Waals surface area (Å²) in [5, 5.41) is 0. The van der Waals surface area contributed by atoms with Crippen LogP contribution in [-0.4, -0.2) is 18.2 Å². The zero-order chi connectivity index (χ0) is 21.7. The second-order valence-corrected chi connectivity index (χ2v) is 8.56. The molecule has 2 aromatic rings. The molecule has 0 radical (unpaired) electrons. The molecule has 0 bridgehead atoms. The highest BCUT2D eigenvalue weighted by Gasteiger charge is 2.32. The van der Waals surface area contributed by atoms with Crippen molar-refractivity contribution in [1.29, 1.82) is 0 Å². The van der Waals surface area contributed by atoms with Crippen molar-refractivity contribution in [2.24, 2.45) is 5.41 Å². The summed E-state index contributed by atoms with van der Waals surface area (Å²) >= 11 is 0. The molecule has 0 fully saturated rings. The van der Waals surface area contributed by atoms with E-state index < -0.39 is 23.2 Å². The molecule has 0 aromatic heterocycles. The van der Waals surface area contributed by atoms with Gasteiger partial charge in [-0.05, 0) is 61.9 Å². The first kappa shape index (κ1) is 22.9. The van der Waals surface area contributed by atoms with E-state index in [1.54, 1.807) is 38.1 Å². The van der Waals surface area contributed by atoms with Crippen LogP contribution in [0.5, 0.6) is 5.75 Å². The van der Waals surface area contributed by atoms with Gasteiger partial charge in [-0.15, -0.1) is 0 Å². The van der Waals surface area contributed by atoms with Crippen LogP contribution in [0.2, 0.25) is 0 Å². The van der Waals surface area contributed by atoms with Gasteiger partial charge in [0.15, 0.2) is 5.60 Å². The lowest BCUT2D eigenvalue weighted by Gasteiger charge is -2.27. The number of ether oxygens (including phenoxy) is 2. The minimum absolute atomic E-state index is 0.130. The Bertz CT molecular complexity index is 827. The SMILES string of the molecule is CCCC(C)(C)CCOC(=O)C(C)(C)Oc1ccc(-c2ccc(F)cc2F)cc1. The average Bonchev–Trinajstić information content (AvgIpc) is 2.62. The van der Waals surface area contributed by atoms with E-state index in [2.05, 4.69) is 20.8 Å². The van der Waals surface area contributed by atoms with Gasteiger partial charge >= 0.3 is 5.97 Å². The molecule has 0 heterocycles. The van der Waals surface area contributed by atoms with Crippen LogP contribution in [0.25, 0.3) is 11.1 Å². The number of halogens is 2. The van der Waals surface area contributed by atoms with Crippen molar-refractivity contribution < 1.29 is 23.0 Å². The fourth-order valence-electron chi connectivity index (χ4n) is 3.16. The molecule has 0 spiro atoms. The summed E-state index contributed by atoms with van der Waals surface area (Å²) in [5.41, 5.74) is -0.136. The highest BCUT2D eigenvalue weighted by molar-refractivity contribution is 5.79. The molecule has 0 aliphatic heterocycles. The lowest BCUT2D eigenvalue weighted by atomic mass is 9.85. The Kier molecular flexibility index (Phi) is 7.39. The average molecular weight is 404 g/mol. The van der Waals surface area contributed by atoms with Gasteiger partial charge in [-0.3, -0.25) is 0 Å². The second-order valence-electron chi connectivity index (χ2n) is 8.56. The van der Waals surface area contributed by atoms with Crippen LogP contribution in [-0.2, 0) is 9.53 Å². The molecule has 3 nitrogen and oxygen atoms in total. The number of carbonyl (C=O) groups is 1. The first-order valence-corrected chi connectivity index (χ1v) is 9.96. The maximum Gasteiger partial charge on any atom is 0.349 e. The van der Waals surface area contributed by atoms with E-state index in [9.17, 15) is 13.6 Å². The molecule has 0 saturated carbocycles. The Morgan fingerprint density at radius 3 is 2.21 bits per heavy atom. The third-order valence-electron chi connectivity index (χ3n) is 4.90. The third kappa shape index (κ3) is 6.55. The predicted octanol–water partition coefficient (Wildman–Crippen LogP) is 6.55. The Hall–Kier alpha value is -2.43. The van der Waals surface area contributed by atoms with E-state index in [1.807, 2.05) is 0 Å². The van der Waals surface area contributed by atoms with Crippen LogP contribution in [0.3, 0.4) is 0 Å². The molecule has 0 saturated heterocycles. The molecular weight excluding hydrogens is 374 g/mol. The Labute approximate surface area is 172 Å². The lowest BCUT2D eigenvalue weighted by molar-refractivity contribution is -0.160. The second kappa shape index (κ2) is 9.38.